The van der Waals surface area contributed by atoms with Crippen LogP contribution in [0.15, 0.2) is 53.4 Å². The number of hydrogen-bond acceptors (Lipinski definition) is 2. The third kappa shape index (κ3) is 9.83. The van der Waals surface area contributed by atoms with Gasteiger partial charge in [-0.1, -0.05) is 154 Å². The molecule has 4 nitrogen and oxygen atoms in total. The van der Waals surface area contributed by atoms with Gasteiger partial charge in [-0.15, -0.1) is 0 Å². The molecule has 0 spiro atoms. The molecule has 7 heteroatoms. The zero-order valence-electron chi connectivity index (χ0n) is 35.8. The molecular formula is C42H75AlN4Si2+. The van der Waals surface area contributed by atoms with E-state index < -0.39 is 7.59 Å². The van der Waals surface area contributed by atoms with Gasteiger partial charge in [0.15, 0.2) is 9.20 Å². The molecule has 0 fully saturated rings. The van der Waals surface area contributed by atoms with E-state index in [2.05, 4.69) is 176 Å². The predicted octanol–water partition coefficient (Wildman–Crippen LogP) is 10.6. The van der Waals surface area contributed by atoms with Crippen LogP contribution in [-0.4, -0.2) is 69.3 Å². The van der Waals surface area contributed by atoms with E-state index in [9.17, 15) is 0 Å². The summed E-state index contributed by atoms with van der Waals surface area (Å²) in [5.74, 6) is 1.62. The Hall–Kier alpha value is -1.62. The summed E-state index contributed by atoms with van der Waals surface area (Å²) in [7, 11) is 3.74. The van der Waals surface area contributed by atoms with Crippen molar-refractivity contribution in [1.29, 1.82) is 0 Å². The predicted molar refractivity (Wildman–Crippen MR) is 227 cm³/mol. The standard InChI is InChI=1S/C39H64N3Si2.C3H9N.Al.2H/c1-26(2)30-20-18-21-31(27(3)4)34(30)41-24-25-42(35-32(28(5)6)22-19-23-33(35)29(7)8)36(41)40-43-44(37(9,10)11,38(12,13)14)39(15,16)17;1-4(2)3;;;/h18-29,43H,1-17H3;1-3H3;;;/q;;+1;;. The third-order valence-corrected chi connectivity index (χ3v) is 27.1. The molecule has 1 radical (unpaired) electrons. The number of para-hydroxylation sites is 2. The molecule has 0 amide bonds. The van der Waals surface area contributed by atoms with E-state index in [0.29, 0.717) is 23.7 Å². The van der Waals surface area contributed by atoms with Crippen LogP contribution in [0, 0.1) is 0 Å². The number of rotatable bonds is 8. The van der Waals surface area contributed by atoms with Crippen molar-refractivity contribution in [3.05, 3.63) is 76.7 Å². The van der Waals surface area contributed by atoms with E-state index in [1.165, 1.54) is 33.6 Å². The van der Waals surface area contributed by atoms with E-state index in [1.54, 1.807) is 0 Å². The first kappa shape index (κ1) is 45.4. The molecule has 0 atom stereocenters. The maximum atomic E-state index is 5.96. The van der Waals surface area contributed by atoms with Crippen molar-refractivity contribution in [3.8, 4) is 11.4 Å². The molecule has 0 bridgehead atoms. The molecule has 0 saturated carbocycles. The summed E-state index contributed by atoms with van der Waals surface area (Å²) in [4.78, 5) is 2.00. The first-order valence-corrected chi connectivity index (χ1v) is 22.7. The third-order valence-electron chi connectivity index (χ3n) is 9.89. The zero-order valence-corrected chi connectivity index (χ0v) is 39.9. The molecule has 0 N–H and O–H groups in total. The van der Waals surface area contributed by atoms with E-state index in [1.807, 2.05) is 26.0 Å². The van der Waals surface area contributed by atoms with E-state index in [4.69, 9.17) is 4.66 Å². The Morgan fingerprint density at radius 3 is 1.00 bits per heavy atom. The molecular weight excluding hydrogens is 644 g/mol. The average Bonchev–Trinajstić information content (AvgIpc) is 3.32. The van der Waals surface area contributed by atoms with Crippen molar-refractivity contribution in [3.63, 3.8) is 0 Å². The van der Waals surface area contributed by atoms with Crippen molar-refractivity contribution in [1.82, 2.24) is 14.0 Å². The summed E-state index contributed by atoms with van der Waals surface area (Å²) in [6.07, 6.45) is 4.61. The van der Waals surface area contributed by atoms with Crippen LogP contribution in [0.4, 0.5) is 0 Å². The second kappa shape index (κ2) is 17.3. The average molecular weight is 719 g/mol. The van der Waals surface area contributed by atoms with Crippen molar-refractivity contribution in [2.45, 2.75) is 156 Å². The molecule has 0 aliphatic rings. The Morgan fingerprint density at radius 1 is 0.551 bits per heavy atom. The van der Waals surface area contributed by atoms with Crippen LogP contribution >= 0.6 is 0 Å². The fourth-order valence-corrected chi connectivity index (χ4v) is 21.4. The Bertz CT molecular complexity index is 1380. The van der Waals surface area contributed by atoms with Gasteiger partial charge in [-0.3, -0.25) is 13.8 Å². The topological polar surface area (TPSA) is 25.5 Å². The molecule has 273 valence electrons. The second-order valence-corrected chi connectivity index (χ2v) is 28.7. The van der Waals surface area contributed by atoms with Gasteiger partial charge in [-0.25, -0.2) is 0 Å². The SMILES string of the molecule is CC(C)c1cccc(C(C)C)c1-n1ccn(-c2c(C(C)C)cccc2C(C)C)c1=N[SiH][Si](C(C)(C)C)(C(C)(C)C)C(C)(C)C.CN(C)C.[AlH2+]. The molecule has 0 saturated heterocycles. The minimum absolute atomic E-state index is 0. The van der Waals surface area contributed by atoms with Crippen LogP contribution in [0.1, 0.15) is 164 Å². The van der Waals surface area contributed by atoms with Gasteiger partial charge >= 0.3 is 17.4 Å². The van der Waals surface area contributed by atoms with Crippen molar-refractivity contribution in [2.75, 3.05) is 21.1 Å². The zero-order chi connectivity index (χ0) is 37.2. The van der Waals surface area contributed by atoms with Crippen LogP contribution in [-0.2, 0) is 0 Å². The second-order valence-electron chi connectivity index (χ2n) is 18.7. The van der Waals surface area contributed by atoms with Crippen molar-refractivity contribution < 1.29 is 0 Å². The van der Waals surface area contributed by atoms with E-state index in [0.717, 1.165) is 5.62 Å². The number of aromatic nitrogens is 2. The summed E-state index contributed by atoms with van der Waals surface area (Å²) in [6, 6.07) is 13.8. The Labute approximate surface area is 317 Å². The molecule has 2 aromatic carbocycles. The molecule has 3 aromatic rings. The van der Waals surface area contributed by atoms with E-state index >= 15 is 0 Å². The minimum atomic E-state index is -2.06. The number of benzene rings is 2. The number of hydrogen-bond donors (Lipinski definition) is 0. The monoisotopic (exact) mass is 719 g/mol. The van der Waals surface area contributed by atoms with Gasteiger partial charge < -0.3 is 4.90 Å². The molecule has 3 rings (SSSR count). The molecule has 1 heterocycles. The normalized spacial score (nSPS) is 12.9. The van der Waals surface area contributed by atoms with E-state index in [-0.39, 0.29) is 41.7 Å². The molecule has 0 aliphatic heterocycles. The van der Waals surface area contributed by atoms with Gasteiger partial charge in [0.1, 0.15) is 0 Å². The molecule has 49 heavy (non-hydrogen) atoms. The molecule has 0 unspecified atom stereocenters. The number of nitrogens with zero attached hydrogens (tertiary/aromatic N) is 4. The Balaban J connectivity index is 0.00000227. The molecule has 1 aromatic heterocycles. The summed E-state index contributed by atoms with van der Waals surface area (Å²) >= 11 is 0. The van der Waals surface area contributed by atoms with Crippen LogP contribution in [0.5, 0.6) is 0 Å². The van der Waals surface area contributed by atoms with Gasteiger partial charge in [0.25, 0.3) is 0 Å². The first-order valence-electron chi connectivity index (χ1n) is 18.4. The Morgan fingerprint density at radius 2 is 0.796 bits per heavy atom. The van der Waals surface area contributed by atoms with Crippen molar-refractivity contribution in [2.24, 2.45) is 4.66 Å². The van der Waals surface area contributed by atoms with Crippen LogP contribution in [0.25, 0.3) is 11.4 Å². The summed E-state index contributed by atoms with van der Waals surface area (Å²) in [5, 5.41) is 0.591. The Kier molecular flexibility index (Phi) is 16.0. The van der Waals surface area contributed by atoms with Gasteiger partial charge in [0, 0.05) is 12.4 Å². The van der Waals surface area contributed by atoms with Gasteiger partial charge in [-0.05, 0) is 82.2 Å². The first-order chi connectivity index (χ1) is 21.8. The van der Waals surface area contributed by atoms with Crippen LogP contribution < -0.4 is 5.62 Å². The quantitative estimate of drug-likeness (QED) is 0.213. The van der Waals surface area contributed by atoms with Gasteiger partial charge in [-0.2, -0.15) is 0 Å². The summed E-state index contributed by atoms with van der Waals surface area (Å²) in [6.45, 7) is 41.1. The van der Waals surface area contributed by atoms with Gasteiger partial charge in [0.05, 0.1) is 19.0 Å². The fourth-order valence-electron chi connectivity index (χ4n) is 8.55. The van der Waals surface area contributed by atoms with Crippen LogP contribution in [0.3, 0.4) is 0 Å². The van der Waals surface area contributed by atoms with Crippen LogP contribution in [0.2, 0.25) is 15.1 Å². The number of imidazole rings is 1. The van der Waals surface area contributed by atoms with Gasteiger partial charge in [0.2, 0.25) is 5.62 Å². The van der Waals surface area contributed by atoms with Crippen molar-refractivity contribution >= 4 is 34.2 Å². The molecule has 0 aliphatic carbocycles. The fraction of sp³-hybridized carbons (Fsp3) is 0.643. The maximum absolute atomic E-state index is 5.96. The summed E-state index contributed by atoms with van der Waals surface area (Å²) < 4.78 is 10.9. The summed E-state index contributed by atoms with van der Waals surface area (Å²) in [5.41, 5.74) is 9.26.